The fourth-order valence-corrected chi connectivity index (χ4v) is 3.67. The van der Waals surface area contributed by atoms with Crippen LogP contribution in [-0.2, 0) is 6.42 Å². The molecule has 0 saturated carbocycles. The van der Waals surface area contributed by atoms with Gasteiger partial charge in [0, 0.05) is 75.3 Å². The second-order valence-corrected chi connectivity index (χ2v) is 7.60. The summed E-state index contributed by atoms with van der Waals surface area (Å²) >= 11 is 6.12. The zero-order chi connectivity index (χ0) is 20.3. The lowest BCUT2D eigenvalue weighted by Gasteiger charge is -2.36. The van der Waals surface area contributed by atoms with Crippen LogP contribution in [0.2, 0.25) is 5.02 Å². The maximum atomic E-state index is 6.12. The van der Waals surface area contributed by atoms with Crippen molar-refractivity contribution < 1.29 is 0 Å². The summed E-state index contributed by atoms with van der Waals surface area (Å²) in [5, 5.41) is 7.56. The van der Waals surface area contributed by atoms with Crippen LogP contribution < -0.4 is 15.5 Å². The van der Waals surface area contributed by atoms with Gasteiger partial charge in [0.05, 0.1) is 0 Å². The molecule has 2 aromatic rings. The third kappa shape index (κ3) is 8.28. The van der Waals surface area contributed by atoms with Crippen LogP contribution in [-0.4, -0.2) is 68.7 Å². The smallest absolute Gasteiger partial charge is 0.190 e. The van der Waals surface area contributed by atoms with E-state index in [0.29, 0.717) is 0 Å². The van der Waals surface area contributed by atoms with E-state index in [-0.39, 0.29) is 24.0 Å². The quantitative estimate of drug-likeness (QED) is 0.232. The number of anilines is 1. The molecule has 0 aliphatic carbocycles. The second kappa shape index (κ2) is 13.7. The van der Waals surface area contributed by atoms with E-state index in [1.54, 1.807) is 0 Å². The maximum Gasteiger partial charge on any atom is 0.190 e. The summed E-state index contributed by atoms with van der Waals surface area (Å²) in [6.45, 7) is 7.10. The molecular weight excluding hydrogens is 511 g/mol. The standard InChI is InChI=1S/C22H31ClN6.HI/c1-24-22(27-12-9-20-7-2-3-10-25-20)26-11-5-13-28-14-16-29(17-15-28)21-8-4-6-19(23)18-21;/h2-4,6-8,10,18H,5,9,11-17H2,1H3,(H2,24,26,27);1H. The highest BCUT2D eigenvalue weighted by Crippen LogP contribution is 2.20. The third-order valence-electron chi connectivity index (χ3n) is 5.11. The lowest BCUT2D eigenvalue weighted by atomic mass is 10.2. The van der Waals surface area contributed by atoms with Crippen LogP contribution >= 0.6 is 35.6 Å². The number of hydrogen-bond acceptors (Lipinski definition) is 4. The zero-order valence-corrected chi connectivity index (χ0v) is 20.6. The molecular formula is C22H32ClIN6. The Morgan fingerprint density at radius 3 is 2.57 bits per heavy atom. The Labute approximate surface area is 202 Å². The molecule has 8 heteroatoms. The van der Waals surface area contributed by atoms with E-state index >= 15 is 0 Å². The number of halogens is 2. The lowest BCUT2D eigenvalue weighted by molar-refractivity contribution is 0.255. The van der Waals surface area contributed by atoms with Gasteiger partial charge in [0.15, 0.2) is 5.96 Å². The predicted octanol–water partition coefficient (Wildman–Crippen LogP) is 3.27. The summed E-state index contributed by atoms with van der Waals surface area (Å²) in [6.07, 6.45) is 3.81. The van der Waals surface area contributed by atoms with Crippen LogP contribution in [0.1, 0.15) is 12.1 Å². The highest BCUT2D eigenvalue weighted by Gasteiger charge is 2.16. The average molecular weight is 543 g/mol. The molecule has 6 nitrogen and oxygen atoms in total. The number of rotatable bonds is 8. The largest absolute Gasteiger partial charge is 0.369 e. The predicted molar refractivity (Wildman–Crippen MR) is 137 cm³/mol. The number of benzene rings is 1. The number of aliphatic imine (C=N–C) groups is 1. The van der Waals surface area contributed by atoms with Crippen molar-refractivity contribution in [2.75, 3.05) is 57.8 Å². The van der Waals surface area contributed by atoms with E-state index < -0.39 is 0 Å². The van der Waals surface area contributed by atoms with Gasteiger partial charge in [-0.1, -0.05) is 23.7 Å². The molecule has 0 radical (unpaired) electrons. The minimum absolute atomic E-state index is 0. The van der Waals surface area contributed by atoms with Crippen molar-refractivity contribution in [1.29, 1.82) is 0 Å². The molecule has 2 heterocycles. The summed E-state index contributed by atoms with van der Waals surface area (Å²) in [5.41, 5.74) is 2.31. The molecule has 1 aliphatic rings. The maximum absolute atomic E-state index is 6.12. The Morgan fingerprint density at radius 1 is 1.07 bits per heavy atom. The topological polar surface area (TPSA) is 55.8 Å². The zero-order valence-electron chi connectivity index (χ0n) is 17.6. The number of guanidine groups is 1. The van der Waals surface area contributed by atoms with Crippen LogP contribution in [0, 0.1) is 0 Å². The third-order valence-corrected chi connectivity index (χ3v) is 5.35. The minimum Gasteiger partial charge on any atom is -0.369 e. The summed E-state index contributed by atoms with van der Waals surface area (Å²) < 4.78 is 0. The van der Waals surface area contributed by atoms with Crippen molar-refractivity contribution in [2.24, 2.45) is 4.99 Å². The summed E-state index contributed by atoms with van der Waals surface area (Å²) in [7, 11) is 1.81. The van der Waals surface area contributed by atoms with Crippen molar-refractivity contribution in [3.05, 3.63) is 59.4 Å². The Hall–Kier alpha value is -1.58. The van der Waals surface area contributed by atoms with E-state index in [4.69, 9.17) is 11.6 Å². The number of nitrogens with one attached hydrogen (secondary N) is 2. The molecule has 164 valence electrons. The van der Waals surface area contributed by atoms with Gasteiger partial charge in [0.1, 0.15) is 0 Å². The fourth-order valence-electron chi connectivity index (χ4n) is 3.49. The fraction of sp³-hybridized carbons (Fsp3) is 0.455. The first-order valence-electron chi connectivity index (χ1n) is 10.3. The molecule has 30 heavy (non-hydrogen) atoms. The van der Waals surface area contributed by atoms with Gasteiger partial charge in [-0.2, -0.15) is 0 Å². The monoisotopic (exact) mass is 542 g/mol. The molecule has 0 unspecified atom stereocenters. The van der Waals surface area contributed by atoms with Crippen LogP contribution in [0.15, 0.2) is 53.7 Å². The van der Waals surface area contributed by atoms with Gasteiger partial charge < -0.3 is 15.5 Å². The summed E-state index contributed by atoms with van der Waals surface area (Å²) in [5.74, 6) is 0.853. The van der Waals surface area contributed by atoms with Gasteiger partial charge in [-0.05, 0) is 43.3 Å². The molecule has 2 N–H and O–H groups in total. The number of nitrogens with zero attached hydrogens (tertiary/aromatic N) is 4. The lowest BCUT2D eigenvalue weighted by Crippen LogP contribution is -2.47. The Balaban J connectivity index is 0.00000320. The average Bonchev–Trinajstić information content (AvgIpc) is 2.76. The first kappa shape index (κ1) is 24.7. The Bertz CT molecular complexity index is 765. The van der Waals surface area contributed by atoms with E-state index in [1.807, 2.05) is 49.6 Å². The highest BCUT2D eigenvalue weighted by atomic mass is 127. The van der Waals surface area contributed by atoms with Crippen LogP contribution in [0.25, 0.3) is 0 Å². The normalized spacial score (nSPS) is 14.9. The van der Waals surface area contributed by atoms with Crippen molar-refractivity contribution in [2.45, 2.75) is 12.8 Å². The van der Waals surface area contributed by atoms with Gasteiger partial charge >= 0.3 is 0 Å². The molecule has 1 aromatic carbocycles. The molecule has 1 fully saturated rings. The molecule has 0 spiro atoms. The van der Waals surface area contributed by atoms with E-state index in [1.165, 1.54) is 5.69 Å². The molecule has 0 bridgehead atoms. The molecule has 1 aliphatic heterocycles. The van der Waals surface area contributed by atoms with Gasteiger partial charge in [-0.25, -0.2) is 0 Å². The number of hydrogen-bond donors (Lipinski definition) is 2. The number of piperazine rings is 1. The molecule has 1 saturated heterocycles. The first-order chi connectivity index (χ1) is 14.2. The second-order valence-electron chi connectivity index (χ2n) is 7.16. The van der Waals surface area contributed by atoms with Gasteiger partial charge in [-0.3, -0.25) is 14.9 Å². The molecule has 1 aromatic heterocycles. The van der Waals surface area contributed by atoms with Crippen molar-refractivity contribution in [3.8, 4) is 0 Å². The summed E-state index contributed by atoms with van der Waals surface area (Å²) in [6, 6.07) is 14.1. The Morgan fingerprint density at radius 2 is 1.87 bits per heavy atom. The molecule has 0 atom stereocenters. The van der Waals surface area contributed by atoms with Crippen LogP contribution in [0.5, 0.6) is 0 Å². The Kier molecular flexibility index (Phi) is 11.2. The number of aromatic nitrogens is 1. The van der Waals surface area contributed by atoms with Crippen molar-refractivity contribution in [3.63, 3.8) is 0 Å². The van der Waals surface area contributed by atoms with Gasteiger partial charge in [-0.15, -0.1) is 24.0 Å². The van der Waals surface area contributed by atoms with Crippen LogP contribution in [0.4, 0.5) is 5.69 Å². The molecule has 3 rings (SSSR count). The minimum atomic E-state index is 0. The highest BCUT2D eigenvalue weighted by molar-refractivity contribution is 14.0. The first-order valence-corrected chi connectivity index (χ1v) is 10.7. The summed E-state index contributed by atoms with van der Waals surface area (Å²) in [4.78, 5) is 13.6. The molecule has 0 amide bonds. The van der Waals surface area contributed by atoms with Crippen molar-refractivity contribution >= 4 is 47.2 Å². The van der Waals surface area contributed by atoms with Crippen LogP contribution in [0.3, 0.4) is 0 Å². The van der Waals surface area contributed by atoms with E-state index in [2.05, 4.69) is 36.5 Å². The number of pyridine rings is 1. The SMILES string of the molecule is CN=C(NCCCN1CCN(c2cccc(Cl)c2)CC1)NCCc1ccccn1.I. The van der Waals surface area contributed by atoms with E-state index in [9.17, 15) is 0 Å². The van der Waals surface area contributed by atoms with Gasteiger partial charge in [0.2, 0.25) is 0 Å². The van der Waals surface area contributed by atoms with Crippen molar-refractivity contribution in [1.82, 2.24) is 20.5 Å². The van der Waals surface area contributed by atoms with Gasteiger partial charge in [0.25, 0.3) is 0 Å². The van der Waals surface area contributed by atoms with E-state index in [0.717, 1.165) is 75.3 Å².